The number of amides is 1. The van der Waals surface area contributed by atoms with Crippen molar-refractivity contribution in [2.75, 3.05) is 18.9 Å². The molecule has 3 aromatic carbocycles. The van der Waals surface area contributed by atoms with Crippen molar-refractivity contribution >= 4 is 32.7 Å². The van der Waals surface area contributed by atoms with Gasteiger partial charge in [0, 0.05) is 31.3 Å². The van der Waals surface area contributed by atoms with Crippen molar-refractivity contribution in [3.63, 3.8) is 0 Å². The maximum Gasteiger partial charge on any atom is 0.242 e. The molecule has 1 aromatic heterocycles. The van der Waals surface area contributed by atoms with E-state index in [1.165, 1.54) is 19.2 Å². The van der Waals surface area contributed by atoms with Crippen LogP contribution in [-0.4, -0.2) is 37.2 Å². The van der Waals surface area contributed by atoms with E-state index in [1.54, 1.807) is 12.1 Å². The van der Waals surface area contributed by atoms with Crippen LogP contribution in [0.3, 0.4) is 0 Å². The van der Waals surface area contributed by atoms with E-state index in [1.807, 2.05) is 36.4 Å². The summed E-state index contributed by atoms with van der Waals surface area (Å²) in [7, 11) is -2.30. The molecule has 0 saturated carbocycles. The molecule has 0 unspecified atom stereocenters. The lowest BCUT2D eigenvalue weighted by Crippen LogP contribution is -2.28. The number of para-hydroxylation sites is 2. The number of carbonyl (C=O) groups is 1. The summed E-state index contributed by atoms with van der Waals surface area (Å²) >= 11 is 0. The average Bonchev–Trinajstić information content (AvgIpc) is 3.24. The molecule has 1 amide bonds. The molecule has 0 aliphatic heterocycles. The number of halogens is 1. The molecule has 0 saturated heterocycles. The van der Waals surface area contributed by atoms with Gasteiger partial charge in [0.15, 0.2) is 5.58 Å². The molecule has 0 radical (unpaired) electrons. The van der Waals surface area contributed by atoms with Crippen molar-refractivity contribution in [1.82, 2.24) is 9.29 Å². The van der Waals surface area contributed by atoms with E-state index >= 15 is 0 Å². The van der Waals surface area contributed by atoms with Gasteiger partial charge in [0.2, 0.25) is 21.8 Å². The summed E-state index contributed by atoms with van der Waals surface area (Å²) in [5, 5.41) is 2.80. The van der Waals surface area contributed by atoms with Gasteiger partial charge in [0.25, 0.3) is 0 Å². The minimum Gasteiger partial charge on any atom is -0.436 e. The SMILES string of the molecule is CN(CCCC(=O)Nc1ccc(-c2nc3ccccc3o2)cc1)S(=O)(=O)c1ccc(F)cc1. The molecule has 0 aliphatic rings. The topological polar surface area (TPSA) is 92.5 Å². The number of nitrogens with one attached hydrogen (secondary N) is 1. The summed E-state index contributed by atoms with van der Waals surface area (Å²) in [5.74, 6) is -0.230. The highest BCUT2D eigenvalue weighted by Crippen LogP contribution is 2.25. The Morgan fingerprint density at radius 3 is 2.42 bits per heavy atom. The zero-order chi connectivity index (χ0) is 23.4. The molecular formula is C24H22FN3O4S. The van der Waals surface area contributed by atoms with Crippen LogP contribution in [0.25, 0.3) is 22.6 Å². The molecule has 9 heteroatoms. The maximum absolute atomic E-state index is 13.0. The number of oxazole rings is 1. The fourth-order valence-corrected chi connectivity index (χ4v) is 4.49. The summed E-state index contributed by atoms with van der Waals surface area (Å²) < 4.78 is 45.0. The predicted molar refractivity (Wildman–Crippen MR) is 124 cm³/mol. The second-order valence-corrected chi connectivity index (χ2v) is 9.54. The number of hydrogen-bond donors (Lipinski definition) is 1. The minimum atomic E-state index is -3.73. The van der Waals surface area contributed by atoms with Crippen molar-refractivity contribution in [2.24, 2.45) is 0 Å². The van der Waals surface area contributed by atoms with E-state index in [4.69, 9.17) is 4.42 Å². The van der Waals surface area contributed by atoms with Gasteiger partial charge in [-0.25, -0.2) is 22.1 Å². The summed E-state index contributed by atoms with van der Waals surface area (Å²) in [6, 6.07) is 19.3. The number of aromatic nitrogens is 1. The van der Waals surface area contributed by atoms with Crippen LogP contribution in [0, 0.1) is 5.82 Å². The molecule has 0 atom stereocenters. The maximum atomic E-state index is 13.0. The van der Waals surface area contributed by atoms with E-state index in [2.05, 4.69) is 10.3 Å². The molecule has 1 heterocycles. The Kier molecular flexibility index (Phi) is 6.52. The van der Waals surface area contributed by atoms with E-state index < -0.39 is 15.8 Å². The second-order valence-electron chi connectivity index (χ2n) is 7.50. The predicted octanol–water partition coefficient (Wildman–Crippen LogP) is 4.67. The fraction of sp³-hybridized carbons (Fsp3) is 0.167. The van der Waals surface area contributed by atoms with Gasteiger partial charge in [-0.2, -0.15) is 0 Å². The van der Waals surface area contributed by atoms with Gasteiger partial charge in [-0.1, -0.05) is 12.1 Å². The Bertz CT molecular complexity index is 1330. The van der Waals surface area contributed by atoms with E-state index in [9.17, 15) is 17.6 Å². The molecule has 33 heavy (non-hydrogen) atoms. The van der Waals surface area contributed by atoms with Crippen molar-refractivity contribution in [2.45, 2.75) is 17.7 Å². The Morgan fingerprint density at radius 1 is 1.03 bits per heavy atom. The van der Waals surface area contributed by atoms with Crippen LogP contribution in [0.5, 0.6) is 0 Å². The first kappa shape index (κ1) is 22.6. The first-order valence-electron chi connectivity index (χ1n) is 10.3. The first-order valence-corrected chi connectivity index (χ1v) is 11.7. The van der Waals surface area contributed by atoms with Crippen LogP contribution < -0.4 is 5.32 Å². The molecule has 0 spiro atoms. The minimum absolute atomic E-state index is 0.00915. The number of nitrogens with zero attached hydrogens (tertiary/aromatic N) is 2. The van der Waals surface area contributed by atoms with Gasteiger partial charge in [0.1, 0.15) is 11.3 Å². The van der Waals surface area contributed by atoms with Gasteiger partial charge < -0.3 is 9.73 Å². The van der Waals surface area contributed by atoms with Gasteiger partial charge >= 0.3 is 0 Å². The molecule has 7 nitrogen and oxygen atoms in total. The van der Waals surface area contributed by atoms with Crippen molar-refractivity contribution in [3.05, 3.63) is 78.6 Å². The zero-order valence-corrected chi connectivity index (χ0v) is 18.7. The fourth-order valence-electron chi connectivity index (χ4n) is 3.28. The number of fused-ring (bicyclic) bond motifs is 1. The molecule has 4 rings (SSSR count). The highest BCUT2D eigenvalue weighted by atomic mass is 32.2. The average molecular weight is 468 g/mol. The summed E-state index contributed by atoms with van der Waals surface area (Å²) in [6.07, 6.45) is 0.486. The zero-order valence-electron chi connectivity index (χ0n) is 17.9. The standard InChI is InChI=1S/C24H22FN3O4S/c1-28(33(30,31)20-14-10-18(25)11-15-20)16-4-7-23(29)26-19-12-8-17(9-13-19)24-27-21-5-2-3-6-22(21)32-24/h2-3,5-6,8-15H,4,7,16H2,1H3,(H,26,29). The van der Waals surface area contributed by atoms with E-state index in [-0.39, 0.29) is 23.8 Å². The third-order valence-electron chi connectivity index (χ3n) is 5.11. The summed E-state index contributed by atoms with van der Waals surface area (Å²) in [4.78, 5) is 16.7. The smallest absolute Gasteiger partial charge is 0.242 e. The number of benzene rings is 3. The van der Waals surface area contributed by atoms with E-state index in [0.717, 1.165) is 27.5 Å². The van der Waals surface area contributed by atoms with Crippen LogP contribution in [0.15, 0.2) is 82.1 Å². The van der Waals surface area contributed by atoms with Crippen molar-refractivity contribution in [1.29, 1.82) is 0 Å². The molecule has 4 aromatic rings. The van der Waals surface area contributed by atoms with Crippen LogP contribution in [0.2, 0.25) is 0 Å². The number of carbonyl (C=O) groups excluding carboxylic acids is 1. The quantitative estimate of drug-likeness (QED) is 0.406. The number of rotatable bonds is 8. The second kappa shape index (κ2) is 9.51. The molecule has 1 N–H and O–H groups in total. The lowest BCUT2D eigenvalue weighted by Gasteiger charge is -2.17. The number of sulfonamides is 1. The van der Waals surface area contributed by atoms with Crippen LogP contribution in [-0.2, 0) is 14.8 Å². The lowest BCUT2D eigenvalue weighted by atomic mass is 10.2. The van der Waals surface area contributed by atoms with Gasteiger partial charge in [-0.05, 0) is 67.1 Å². The highest BCUT2D eigenvalue weighted by molar-refractivity contribution is 7.89. The van der Waals surface area contributed by atoms with E-state index in [0.29, 0.717) is 23.6 Å². The summed E-state index contributed by atoms with van der Waals surface area (Å²) in [6.45, 7) is 0.157. The number of anilines is 1. The first-order chi connectivity index (χ1) is 15.8. The Balaban J connectivity index is 1.29. The molecule has 0 fully saturated rings. The lowest BCUT2D eigenvalue weighted by molar-refractivity contribution is -0.116. The number of hydrogen-bond acceptors (Lipinski definition) is 5. The van der Waals surface area contributed by atoms with Gasteiger partial charge in [0.05, 0.1) is 4.90 Å². The van der Waals surface area contributed by atoms with Crippen LogP contribution in [0.4, 0.5) is 10.1 Å². The molecular weight excluding hydrogens is 445 g/mol. The van der Waals surface area contributed by atoms with Crippen LogP contribution in [0.1, 0.15) is 12.8 Å². The normalized spacial score (nSPS) is 11.7. The highest BCUT2D eigenvalue weighted by Gasteiger charge is 2.20. The van der Waals surface area contributed by atoms with Crippen molar-refractivity contribution < 1.29 is 22.0 Å². The molecule has 0 aliphatic carbocycles. The Labute approximate surface area is 190 Å². The molecule has 0 bridgehead atoms. The Hall–Kier alpha value is -3.56. The van der Waals surface area contributed by atoms with Gasteiger partial charge in [-0.15, -0.1) is 0 Å². The summed E-state index contributed by atoms with van der Waals surface area (Å²) in [5.41, 5.74) is 2.89. The van der Waals surface area contributed by atoms with Gasteiger partial charge in [-0.3, -0.25) is 4.79 Å². The largest absolute Gasteiger partial charge is 0.436 e. The third kappa shape index (κ3) is 5.27. The third-order valence-corrected chi connectivity index (χ3v) is 6.98. The Morgan fingerprint density at radius 2 is 1.73 bits per heavy atom. The monoisotopic (exact) mass is 467 g/mol. The van der Waals surface area contributed by atoms with Crippen molar-refractivity contribution in [3.8, 4) is 11.5 Å². The molecule has 170 valence electrons. The van der Waals surface area contributed by atoms with Crippen LogP contribution >= 0.6 is 0 Å².